The summed E-state index contributed by atoms with van der Waals surface area (Å²) in [7, 11) is -2.71. The fourth-order valence-electron chi connectivity index (χ4n) is 3.65. The molecule has 2 aromatic rings. The van der Waals surface area contributed by atoms with Gasteiger partial charge >= 0.3 is 0 Å². The molecule has 0 heterocycles. The lowest BCUT2D eigenvalue weighted by Crippen LogP contribution is -2.68. The van der Waals surface area contributed by atoms with Crippen LogP contribution in [0.25, 0.3) is 0 Å². The van der Waals surface area contributed by atoms with E-state index in [0.29, 0.717) is 0 Å². The first-order valence-electron chi connectivity index (χ1n) is 8.69. The molecule has 0 spiro atoms. The van der Waals surface area contributed by atoms with Gasteiger partial charge in [0.2, 0.25) is 0 Å². The number of aliphatic hydroxyl groups excluding tert-OH is 2. The second-order valence-electron chi connectivity index (χ2n) is 7.61. The van der Waals surface area contributed by atoms with Gasteiger partial charge < -0.3 is 14.6 Å². The fraction of sp³-hybridized carbons (Fsp3) is 0.333. The van der Waals surface area contributed by atoms with Gasteiger partial charge in [-0.1, -0.05) is 93.6 Å². The van der Waals surface area contributed by atoms with E-state index in [1.54, 1.807) is 12.2 Å². The molecular weight excluding hydrogens is 328 g/mol. The number of benzene rings is 2. The van der Waals surface area contributed by atoms with Crippen LogP contribution in [0.2, 0.25) is 5.04 Å². The van der Waals surface area contributed by atoms with Crippen LogP contribution in [0, 0.1) is 0 Å². The van der Waals surface area contributed by atoms with Crippen molar-refractivity contribution in [1.82, 2.24) is 0 Å². The Labute approximate surface area is 150 Å². The summed E-state index contributed by atoms with van der Waals surface area (Å²) in [5.41, 5.74) is 0. The van der Waals surface area contributed by atoms with Crippen molar-refractivity contribution >= 4 is 18.7 Å². The summed E-state index contributed by atoms with van der Waals surface area (Å²) < 4.78 is 6.76. The molecule has 0 radical (unpaired) electrons. The van der Waals surface area contributed by atoms with Crippen LogP contribution >= 0.6 is 0 Å². The van der Waals surface area contributed by atoms with Crippen molar-refractivity contribution in [2.45, 2.75) is 44.1 Å². The minimum Gasteiger partial charge on any atom is -0.398 e. The van der Waals surface area contributed by atoms with Crippen LogP contribution in [0.4, 0.5) is 0 Å². The average Bonchev–Trinajstić information content (AvgIpc) is 2.92. The molecule has 3 rings (SSSR count). The third-order valence-corrected chi connectivity index (χ3v) is 9.95. The van der Waals surface area contributed by atoms with Gasteiger partial charge in [0.25, 0.3) is 8.32 Å². The zero-order valence-electron chi connectivity index (χ0n) is 15.0. The van der Waals surface area contributed by atoms with Gasteiger partial charge in [0.1, 0.15) is 12.2 Å². The van der Waals surface area contributed by atoms with E-state index in [-0.39, 0.29) is 5.04 Å². The molecule has 2 N–H and O–H groups in total. The Kier molecular flexibility index (Phi) is 4.98. The maximum Gasteiger partial charge on any atom is 0.262 e. The predicted molar refractivity (Wildman–Crippen MR) is 104 cm³/mol. The highest BCUT2D eigenvalue weighted by atomic mass is 28.4. The van der Waals surface area contributed by atoms with Crippen LogP contribution in [-0.2, 0) is 4.43 Å². The first-order valence-corrected chi connectivity index (χ1v) is 10.6. The summed E-state index contributed by atoms with van der Waals surface area (Å²) in [5.74, 6) is 0. The van der Waals surface area contributed by atoms with Crippen LogP contribution in [-0.4, -0.2) is 36.8 Å². The fourth-order valence-corrected chi connectivity index (χ4v) is 8.29. The quantitative estimate of drug-likeness (QED) is 0.654. The molecule has 0 aromatic heterocycles. The van der Waals surface area contributed by atoms with Gasteiger partial charge in [-0.15, -0.1) is 0 Å². The maximum absolute atomic E-state index is 10.4. The lowest BCUT2D eigenvalue weighted by Gasteiger charge is -2.45. The summed E-state index contributed by atoms with van der Waals surface area (Å²) >= 11 is 0. The number of hydrogen-bond acceptors (Lipinski definition) is 3. The predicted octanol–water partition coefficient (Wildman–Crippen LogP) is 2.22. The summed E-state index contributed by atoms with van der Waals surface area (Å²) in [4.78, 5) is 0. The first kappa shape index (κ1) is 18.1. The van der Waals surface area contributed by atoms with Gasteiger partial charge in [0.15, 0.2) is 0 Å². The molecule has 0 bridgehead atoms. The highest BCUT2D eigenvalue weighted by molar-refractivity contribution is 6.99. The molecule has 3 nitrogen and oxygen atoms in total. The number of rotatable bonds is 4. The van der Waals surface area contributed by atoms with Gasteiger partial charge in [0.05, 0.1) is 6.10 Å². The Morgan fingerprint density at radius 3 is 1.64 bits per heavy atom. The zero-order chi connectivity index (χ0) is 18.1. The smallest absolute Gasteiger partial charge is 0.262 e. The number of aliphatic hydroxyl groups is 2. The normalized spacial score (nSPS) is 23.8. The molecule has 1 aliphatic carbocycles. The monoisotopic (exact) mass is 354 g/mol. The van der Waals surface area contributed by atoms with Crippen molar-refractivity contribution in [3.05, 3.63) is 72.8 Å². The lowest BCUT2D eigenvalue weighted by atomic mass is 10.2. The van der Waals surface area contributed by atoms with E-state index in [2.05, 4.69) is 45.0 Å². The van der Waals surface area contributed by atoms with Crippen molar-refractivity contribution in [2.75, 3.05) is 0 Å². The molecule has 0 fully saturated rings. The van der Waals surface area contributed by atoms with E-state index in [1.807, 2.05) is 36.4 Å². The van der Waals surface area contributed by atoms with E-state index >= 15 is 0 Å². The van der Waals surface area contributed by atoms with Gasteiger partial charge in [-0.25, -0.2) is 0 Å². The standard InChI is InChI=1S/C21H26O3Si/c1-21(2,3)25(16-10-6-4-7-11-16,17-12-8-5-9-13-17)24-19-15-14-18(22)20(19)23/h4-15,18-20,22-23H,1-3H3/t18-,19+,20+/m0/s1. The Hall–Kier alpha value is -1.72. The van der Waals surface area contributed by atoms with Crippen molar-refractivity contribution in [2.24, 2.45) is 0 Å². The van der Waals surface area contributed by atoms with Crippen molar-refractivity contribution in [3.8, 4) is 0 Å². The Morgan fingerprint density at radius 1 is 0.800 bits per heavy atom. The lowest BCUT2D eigenvalue weighted by molar-refractivity contribution is -0.00151. The second-order valence-corrected chi connectivity index (χ2v) is 11.9. The van der Waals surface area contributed by atoms with Crippen molar-refractivity contribution < 1.29 is 14.6 Å². The highest BCUT2D eigenvalue weighted by Crippen LogP contribution is 2.38. The SMILES string of the molecule is CC(C)(C)[Si](O[C@@H]1C=C[C@H](O)[C@H]1O)(c1ccccc1)c1ccccc1. The Bertz CT molecular complexity index is 682. The molecule has 4 heteroatoms. The second kappa shape index (κ2) is 6.88. The average molecular weight is 355 g/mol. The molecule has 3 atom stereocenters. The minimum absolute atomic E-state index is 0.156. The van der Waals surface area contributed by atoms with Crippen molar-refractivity contribution in [1.29, 1.82) is 0 Å². The van der Waals surface area contributed by atoms with Crippen LogP contribution in [0.3, 0.4) is 0 Å². The molecule has 0 unspecified atom stereocenters. The molecule has 0 amide bonds. The Morgan fingerprint density at radius 2 is 1.28 bits per heavy atom. The van der Waals surface area contributed by atoms with E-state index in [9.17, 15) is 10.2 Å². The summed E-state index contributed by atoms with van der Waals surface area (Å²) in [5, 5.41) is 22.4. The van der Waals surface area contributed by atoms with Crippen LogP contribution < -0.4 is 10.4 Å². The van der Waals surface area contributed by atoms with Crippen LogP contribution in [0.1, 0.15) is 20.8 Å². The molecule has 0 saturated carbocycles. The molecule has 2 aromatic carbocycles. The van der Waals surface area contributed by atoms with Gasteiger partial charge in [-0.2, -0.15) is 0 Å². The molecule has 1 aliphatic rings. The maximum atomic E-state index is 10.4. The molecule has 25 heavy (non-hydrogen) atoms. The van der Waals surface area contributed by atoms with Gasteiger partial charge in [0, 0.05) is 0 Å². The van der Waals surface area contributed by atoms with Gasteiger partial charge in [-0.05, 0) is 15.4 Å². The first-order chi connectivity index (χ1) is 11.9. The highest BCUT2D eigenvalue weighted by Gasteiger charge is 2.52. The third-order valence-electron chi connectivity index (χ3n) is 4.91. The van der Waals surface area contributed by atoms with E-state index in [1.165, 1.54) is 0 Å². The number of hydrogen-bond donors (Lipinski definition) is 2. The van der Waals surface area contributed by atoms with Crippen LogP contribution in [0.5, 0.6) is 0 Å². The van der Waals surface area contributed by atoms with Gasteiger partial charge in [-0.3, -0.25) is 0 Å². The third kappa shape index (κ3) is 3.23. The molecular formula is C21H26O3Si. The van der Waals surface area contributed by atoms with Crippen molar-refractivity contribution in [3.63, 3.8) is 0 Å². The summed E-state index contributed by atoms with van der Waals surface area (Å²) in [6.07, 6.45) is 1.09. The summed E-state index contributed by atoms with van der Waals surface area (Å²) in [6, 6.07) is 20.6. The summed E-state index contributed by atoms with van der Waals surface area (Å²) in [6.45, 7) is 6.59. The molecule has 132 valence electrons. The van der Waals surface area contributed by atoms with E-state index in [0.717, 1.165) is 10.4 Å². The van der Waals surface area contributed by atoms with Crippen LogP contribution in [0.15, 0.2) is 72.8 Å². The Balaban J connectivity index is 2.18. The molecule has 0 saturated heterocycles. The minimum atomic E-state index is -2.71. The zero-order valence-corrected chi connectivity index (χ0v) is 16.0. The van der Waals surface area contributed by atoms with E-state index in [4.69, 9.17) is 4.43 Å². The topological polar surface area (TPSA) is 49.7 Å². The largest absolute Gasteiger partial charge is 0.398 e. The molecule has 0 aliphatic heterocycles. The van der Waals surface area contributed by atoms with E-state index < -0.39 is 26.6 Å².